The van der Waals surface area contributed by atoms with Gasteiger partial charge in [0.1, 0.15) is 5.69 Å². The van der Waals surface area contributed by atoms with E-state index >= 15 is 0 Å². The molecular formula is C13H11ClFN3. The molecule has 0 aliphatic heterocycles. The van der Waals surface area contributed by atoms with Crippen molar-refractivity contribution in [2.75, 3.05) is 0 Å². The molecule has 0 saturated heterocycles. The van der Waals surface area contributed by atoms with Gasteiger partial charge in [-0.3, -0.25) is 4.98 Å². The number of hydrogen-bond donors (Lipinski definition) is 0. The third kappa shape index (κ3) is 2.08. The zero-order valence-electron chi connectivity index (χ0n) is 9.61. The van der Waals surface area contributed by atoms with E-state index in [1.807, 2.05) is 6.07 Å². The van der Waals surface area contributed by atoms with Crippen LogP contribution in [0.4, 0.5) is 4.39 Å². The molecule has 3 rings (SSSR count). The highest BCUT2D eigenvalue weighted by Crippen LogP contribution is 2.36. The van der Waals surface area contributed by atoms with Gasteiger partial charge in [0, 0.05) is 23.4 Å². The topological polar surface area (TPSA) is 38.7 Å². The van der Waals surface area contributed by atoms with Crippen LogP contribution in [0.3, 0.4) is 0 Å². The number of halogens is 2. The Kier molecular flexibility index (Phi) is 2.96. The van der Waals surface area contributed by atoms with Crippen LogP contribution in [0.5, 0.6) is 0 Å². The van der Waals surface area contributed by atoms with Crippen LogP contribution in [-0.4, -0.2) is 15.0 Å². The van der Waals surface area contributed by atoms with Crippen LogP contribution in [0.15, 0.2) is 24.5 Å². The Morgan fingerprint density at radius 3 is 2.83 bits per heavy atom. The predicted molar refractivity (Wildman–Crippen MR) is 66.8 cm³/mol. The number of nitrogens with zero attached hydrogens (tertiary/aromatic N) is 3. The number of aromatic nitrogens is 3. The lowest BCUT2D eigenvalue weighted by atomic mass is 9.82. The molecule has 0 amide bonds. The van der Waals surface area contributed by atoms with Gasteiger partial charge in [0.25, 0.3) is 0 Å². The Bertz CT molecular complexity index is 584. The zero-order valence-corrected chi connectivity index (χ0v) is 10.4. The summed E-state index contributed by atoms with van der Waals surface area (Å²) in [6.07, 6.45) is 6.34. The van der Waals surface area contributed by atoms with Gasteiger partial charge in [0.05, 0.1) is 6.20 Å². The summed E-state index contributed by atoms with van der Waals surface area (Å²) in [5, 5.41) is 0.0495. The first-order valence-corrected chi connectivity index (χ1v) is 6.26. The molecule has 0 bridgehead atoms. The first kappa shape index (κ1) is 11.5. The van der Waals surface area contributed by atoms with Crippen LogP contribution in [-0.2, 0) is 0 Å². The van der Waals surface area contributed by atoms with Gasteiger partial charge >= 0.3 is 0 Å². The second-order valence-corrected chi connectivity index (χ2v) is 4.77. The first-order valence-electron chi connectivity index (χ1n) is 5.88. The zero-order chi connectivity index (χ0) is 12.5. The van der Waals surface area contributed by atoms with E-state index in [1.165, 1.54) is 6.42 Å². The lowest BCUT2D eigenvalue weighted by Gasteiger charge is -2.24. The average molecular weight is 264 g/mol. The minimum Gasteiger partial charge on any atom is -0.261 e. The molecule has 1 fully saturated rings. The molecule has 2 heterocycles. The summed E-state index contributed by atoms with van der Waals surface area (Å²) in [5.74, 6) is 0.0375. The third-order valence-corrected chi connectivity index (χ3v) is 3.47. The largest absolute Gasteiger partial charge is 0.261 e. The van der Waals surface area contributed by atoms with Gasteiger partial charge in [0.15, 0.2) is 5.82 Å². The Morgan fingerprint density at radius 1 is 1.28 bits per heavy atom. The fourth-order valence-corrected chi connectivity index (χ4v) is 2.20. The van der Waals surface area contributed by atoms with E-state index < -0.39 is 5.82 Å². The second kappa shape index (κ2) is 4.61. The average Bonchev–Trinajstić information content (AvgIpc) is 2.30. The summed E-state index contributed by atoms with van der Waals surface area (Å²) >= 11 is 5.70. The summed E-state index contributed by atoms with van der Waals surface area (Å²) in [4.78, 5) is 11.9. The quantitative estimate of drug-likeness (QED) is 0.777. The molecule has 18 heavy (non-hydrogen) atoms. The van der Waals surface area contributed by atoms with Crippen LogP contribution in [0.1, 0.15) is 30.9 Å². The molecule has 0 spiro atoms. The van der Waals surface area contributed by atoms with Gasteiger partial charge in [-0.15, -0.1) is 0 Å². The molecule has 3 nitrogen and oxygen atoms in total. The lowest BCUT2D eigenvalue weighted by Crippen LogP contribution is -2.10. The molecule has 2 aromatic rings. The van der Waals surface area contributed by atoms with E-state index in [9.17, 15) is 4.39 Å². The van der Waals surface area contributed by atoms with Crippen molar-refractivity contribution in [2.45, 2.75) is 25.2 Å². The molecule has 0 atom stereocenters. The highest BCUT2D eigenvalue weighted by Gasteiger charge is 2.21. The maximum Gasteiger partial charge on any atom is 0.223 e. The molecule has 0 radical (unpaired) electrons. The van der Waals surface area contributed by atoms with Crippen molar-refractivity contribution in [3.8, 4) is 11.3 Å². The van der Waals surface area contributed by atoms with E-state index in [0.29, 0.717) is 11.5 Å². The second-order valence-electron chi connectivity index (χ2n) is 4.43. The maximum absolute atomic E-state index is 13.7. The van der Waals surface area contributed by atoms with Gasteiger partial charge in [-0.25, -0.2) is 14.4 Å². The lowest BCUT2D eigenvalue weighted by molar-refractivity contribution is 0.411. The van der Waals surface area contributed by atoms with Crippen LogP contribution < -0.4 is 0 Å². The molecule has 2 aromatic heterocycles. The molecule has 1 aliphatic rings. The molecule has 1 aliphatic carbocycles. The Labute approximate surface area is 109 Å². The normalized spacial score (nSPS) is 15.4. The molecule has 0 aromatic carbocycles. The molecule has 1 saturated carbocycles. The van der Waals surface area contributed by atoms with Crippen LogP contribution >= 0.6 is 11.6 Å². The Hall–Kier alpha value is -1.55. The van der Waals surface area contributed by atoms with Gasteiger partial charge in [-0.1, -0.05) is 6.42 Å². The Morgan fingerprint density at radius 2 is 2.11 bits per heavy atom. The summed E-state index contributed by atoms with van der Waals surface area (Å²) in [6.45, 7) is 0. The van der Waals surface area contributed by atoms with Crippen molar-refractivity contribution >= 4 is 11.6 Å². The van der Waals surface area contributed by atoms with Crippen molar-refractivity contribution in [1.82, 2.24) is 15.0 Å². The monoisotopic (exact) mass is 263 g/mol. The highest BCUT2D eigenvalue weighted by atomic mass is 35.5. The first-order chi connectivity index (χ1) is 8.74. The van der Waals surface area contributed by atoms with Crippen molar-refractivity contribution < 1.29 is 4.39 Å². The SMILES string of the molecule is Fc1cnc(Cl)nc1-c1ccnc(C2CCC2)c1. The van der Waals surface area contributed by atoms with E-state index in [2.05, 4.69) is 15.0 Å². The minimum absolute atomic E-state index is 0.0495. The summed E-state index contributed by atoms with van der Waals surface area (Å²) in [7, 11) is 0. The number of hydrogen-bond acceptors (Lipinski definition) is 3. The fraction of sp³-hybridized carbons (Fsp3) is 0.308. The van der Waals surface area contributed by atoms with Crippen LogP contribution in [0.2, 0.25) is 5.28 Å². The smallest absolute Gasteiger partial charge is 0.223 e. The highest BCUT2D eigenvalue weighted by molar-refractivity contribution is 6.28. The number of pyridine rings is 1. The third-order valence-electron chi connectivity index (χ3n) is 3.29. The van der Waals surface area contributed by atoms with E-state index in [1.54, 1.807) is 12.3 Å². The predicted octanol–water partition coefficient (Wildman–Crippen LogP) is 3.60. The molecule has 0 unspecified atom stereocenters. The van der Waals surface area contributed by atoms with Crippen molar-refractivity contribution in [3.63, 3.8) is 0 Å². The van der Waals surface area contributed by atoms with Gasteiger partial charge in [-0.05, 0) is 36.6 Å². The molecule has 5 heteroatoms. The van der Waals surface area contributed by atoms with Gasteiger partial charge in [-0.2, -0.15) is 0 Å². The summed E-state index contributed by atoms with van der Waals surface area (Å²) < 4.78 is 13.7. The minimum atomic E-state index is -0.467. The van der Waals surface area contributed by atoms with Crippen LogP contribution in [0, 0.1) is 5.82 Å². The number of rotatable bonds is 2. The maximum atomic E-state index is 13.7. The van der Waals surface area contributed by atoms with E-state index in [-0.39, 0.29) is 11.0 Å². The molecule has 92 valence electrons. The van der Waals surface area contributed by atoms with Gasteiger partial charge in [0.2, 0.25) is 5.28 Å². The standard InChI is InChI=1S/C13H11ClFN3/c14-13-17-7-10(15)12(18-13)9-4-5-16-11(6-9)8-2-1-3-8/h4-8H,1-3H2. The summed E-state index contributed by atoms with van der Waals surface area (Å²) in [6, 6.07) is 3.63. The van der Waals surface area contributed by atoms with Crippen LogP contribution in [0.25, 0.3) is 11.3 Å². The van der Waals surface area contributed by atoms with Crippen molar-refractivity contribution in [1.29, 1.82) is 0 Å². The Balaban J connectivity index is 2.02. The van der Waals surface area contributed by atoms with E-state index in [0.717, 1.165) is 24.7 Å². The summed E-state index contributed by atoms with van der Waals surface area (Å²) in [5.41, 5.74) is 1.94. The molecular weight excluding hydrogens is 253 g/mol. The fourth-order valence-electron chi connectivity index (χ4n) is 2.07. The van der Waals surface area contributed by atoms with Crippen molar-refractivity contribution in [2.24, 2.45) is 0 Å². The van der Waals surface area contributed by atoms with Crippen molar-refractivity contribution in [3.05, 3.63) is 41.3 Å². The molecule has 0 N–H and O–H groups in total. The van der Waals surface area contributed by atoms with Gasteiger partial charge < -0.3 is 0 Å². The van der Waals surface area contributed by atoms with E-state index in [4.69, 9.17) is 11.6 Å².